The Balaban J connectivity index is 1.82. The van der Waals surface area contributed by atoms with E-state index in [0.29, 0.717) is 6.04 Å². The van der Waals surface area contributed by atoms with Gasteiger partial charge in [-0.05, 0) is 13.8 Å². The van der Waals surface area contributed by atoms with Gasteiger partial charge < -0.3 is 5.11 Å². The first-order valence-corrected chi connectivity index (χ1v) is 7.11. The fourth-order valence-electron chi connectivity index (χ4n) is 2.37. The lowest BCUT2D eigenvalue weighted by Crippen LogP contribution is -2.53. The Bertz CT molecular complexity index is 329. The van der Waals surface area contributed by atoms with Crippen molar-refractivity contribution in [2.45, 2.75) is 32.5 Å². The second kappa shape index (κ2) is 5.91. The van der Waals surface area contributed by atoms with E-state index in [-0.39, 0.29) is 6.10 Å². The summed E-state index contributed by atoms with van der Waals surface area (Å²) in [5.74, 6) is 0. The number of aromatic nitrogens is 1. The van der Waals surface area contributed by atoms with Crippen molar-refractivity contribution in [3.05, 3.63) is 16.6 Å². The highest BCUT2D eigenvalue weighted by molar-refractivity contribution is 7.07. The number of nitrogens with zero attached hydrogens (tertiary/aromatic N) is 3. The fourth-order valence-corrected chi connectivity index (χ4v) is 2.92. The van der Waals surface area contributed by atoms with Crippen LogP contribution in [0.1, 0.15) is 19.5 Å². The molecule has 2 atom stereocenters. The maximum Gasteiger partial charge on any atom is 0.0795 e. The third-order valence-corrected chi connectivity index (χ3v) is 3.85. The number of hydrogen-bond acceptors (Lipinski definition) is 5. The lowest BCUT2D eigenvalue weighted by Gasteiger charge is -2.40. The standard InChI is InChI=1S/C12H21N3OS/c1-10-5-14(7-12-8-17-9-13-12)3-4-15(10)6-11(2)16/h8-11,16H,3-7H2,1-2H3/t10-,11+/m1/s1. The molecular formula is C12H21N3OS. The van der Waals surface area contributed by atoms with Crippen LogP contribution < -0.4 is 0 Å². The first kappa shape index (κ1) is 13.0. The lowest BCUT2D eigenvalue weighted by atomic mass is 10.1. The van der Waals surface area contributed by atoms with Crippen LogP contribution in [0.25, 0.3) is 0 Å². The van der Waals surface area contributed by atoms with Gasteiger partial charge in [0, 0.05) is 44.1 Å². The minimum absolute atomic E-state index is 0.234. The van der Waals surface area contributed by atoms with Crippen LogP contribution in [-0.4, -0.2) is 58.2 Å². The van der Waals surface area contributed by atoms with Gasteiger partial charge in [0.05, 0.1) is 17.3 Å². The van der Waals surface area contributed by atoms with E-state index >= 15 is 0 Å². The van der Waals surface area contributed by atoms with Gasteiger partial charge in [0.15, 0.2) is 0 Å². The van der Waals surface area contributed by atoms with Crippen LogP contribution in [0.5, 0.6) is 0 Å². The Morgan fingerprint density at radius 3 is 3.00 bits per heavy atom. The van der Waals surface area contributed by atoms with E-state index in [1.807, 2.05) is 12.4 Å². The zero-order valence-corrected chi connectivity index (χ0v) is 11.4. The van der Waals surface area contributed by atoms with Crippen molar-refractivity contribution in [2.75, 3.05) is 26.2 Å². The molecule has 17 heavy (non-hydrogen) atoms. The topological polar surface area (TPSA) is 39.6 Å². The molecule has 0 aromatic carbocycles. The molecular weight excluding hydrogens is 234 g/mol. The molecule has 4 nitrogen and oxygen atoms in total. The van der Waals surface area contributed by atoms with Crippen LogP contribution in [0.3, 0.4) is 0 Å². The van der Waals surface area contributed by atoms with Gasteiger partial charge in [0.2, 0.25) is 0 Å². The summed E-state index contributed by atoms with van der Waals surface area (Å²) in [5, 5.41) is 11.5. The molecule has 1 saturated heterocycles. The summed E-state index contributed by atoms with van der Waals surface area (Å²) < 4.78 is 0. The molecule has 1 aromatic heterocycles. The van der Waals surface area contributed by atoms with Crippen molar-refractivity contribution in [1.82, 2.24) is 14.8 Å². The summed E-state index contributed by atoms with van der Waals surface area (Å²) in [6, 6.07) is 0.511. The first-order chi connectivity index (χ1) is 8.15. The number of β-amino-alcohol motifs (C(OH)–C–C–N with tert-alkyl or cyclic N) is 1. The molecule has 0 bridgehead atoms. The maximum absolute atomic E-state index is 9.43. The van der Waals surface area contributed by atoms with E-state index in [9.17, 15) is 5.11 Å². The van der Waals surface area contributed by atoms with Crippen molar-refractivity contribution < 1.29 is 5.11 Å². The van der Waals surface area contributed by atoms with E-state index in [0.717, 1.165) is 32.7 Å². The number of rotatable bonds is 4. The van der Waals surface area contributed by atoms with Crippen LogP contribution >= 0.6 is 11.3 Å². The molecule has 5 heteroatoms. The molecule has 0 radical (unpaired) electrons. The third-order valence-electron chi connectivity index (χ3n) is 3.22. The normalized spacial score (nSPS) is 25.0. The molecule has 0 saturated carbocycles. The van der Waals surface area contributed by atoms with Crippen LogP contribution in [0.2, 0.25) is 0 Å². The summed E-state index contributed by atoms with van der Waals surface area (Å²) in [4.78, 5) is 9.13. The molecule has 2 heterocycles. The number of thiazole rings is 1. The number of aliphatic hydroxyl groups excluding tert-OH is 1. The van der Waals surface area contributed by atoms with Gasteiger partial charge in [-0.3, -0.25) is 9.80 Å². The largest absolute Gasteiger partial charge is 0.392 e. The van der Waals surface area contributed by atoms with Crippen molar-refractivity contribution >= 4 is 11.3 Å². The lowest BCUT2D eigenvalue weighted by molar-refractivity contribution is 0.0419. The molecule has 1 aromatic rings. The minimum atomic E-state index is -0.234. The van der Waals surface area contributed by atoms with E-state index in [4.69, 9.17) is 0 Å². The minimum Gasteiger partial charge on any atom is -0.392 e. The molecule has 1 aliphatic rings. The van der Waals surface area contributed by atoms with Gasteiger partial charge in [-0.15, -0.1) is 11.3 Å². The predicted octanol–water partition coefficient (Wildman–Crippen LogP) is 1.03. The molecule has 2 rings (SSSR count). The van der Waals surface area contributed by atoms with Crippen molar-refractivity contribution in [2.24, 2.45) is 0 Å². The number of aliphatic hydroxyl groups is 1. The van der Waals surface area contributed by atoms with E-state index in [2.05, 4.69) is 27.1 Å². The molecule has 1 aliphatic heterocycles. The average molecular weight is 255 g/mol. The number of hydrogen-bond donors (Lipinski definition) is 1. The third kappa shape index (κ3) is 3.74. The van der Waals surface area contributed by atoms with Crippen LogP contribution in [0.15, 0.2) is 10.9 Å². The van der Waals surface area contributed by atoms with Gasteiger partial charge in [-0.25, -0.2) is 4.98 Å². The molecule has 1 fully saturated rings. The zero-order chi connectivity index (χ0) is 12.3. The highest BCUT2D eigenvalue weighted by Crippen LogP contribution is 2.13. The predicted molar refractivity (Wildman–Crippen MR) is 70.1 cm³/mol. The fraction of sp³-hybridized carbons (Fsp3) is 0.750. The highest BCUT2D eigenvalue weighted by Gasteiger charge is 2.24. The Morgan fingerprint density at radius 1 is 1.59 bits per heavy atom. The van der Waals surface area contributed by atoms with E-state index in [1.54, 1.807) is 11.3 Å². The molecule has 0 unspecified atom stereocenters. The monoisotopic (exact) mass is 255 g/mol. The zero-order valence-electron chi connectivity index (χ0n) is 10.5. The summed E-state index contributed by atoms with van der Waals surface area (Å²) in [5.41, 5.74) is 3.06. The van der Waals surface area contributed by atoms with E-state index < -0.39 is 0 Å². The molecule has 1 N–H and O–H groups in total. The van der Waals surface area contributed by atoms with E-state index in [1.165, 1.54) is 5.69 Å². The summed E-state index contributed by atoms with van der Waals surface area (Å²) in [6.45, 7) is 8.99. The summed E-state index contributed by atoms with van der Waals surface area (Å²) >= 11 is 1.66. The van der Waals surface area contributed by atoms with Gasteiger partial charge in [0.1, 0.15) is 0 Å². The Kier molecular flexibility index (Phi) is 4.50. The Labute approximate surface area is 107 Å². The SMILES string of the molecule is C[C@H](O)CN1CCN(Cc2cscn2)C[C@H]1C. The van der Waals surface area contributed by atoms with Crippen molar-refractivity contribution in [1.29, 1.82) is 0 Å². The van der Waals surface area contributed by atoms with Gasteiger partial charge in [-0.1, -0.05) is 0 Å². The van der Waals surface area contributed by atoms with Gasteiger partial charge in [-0.2, -0.15) is 0 Å². The Hall–Kier alpha value is -0.490. The van der Waals surface area contributed by atoms with Crippen LogP contribution in [0, 0.1) is 0 Å². The second-order valence-corrected chi connectivity index (χ2v) is 5.63. The molecule has 0 aliphatic carbocycles. The second-order valence-electron chi connectivity index (χ2n) is 4.91. The number of piperazine rings is 1. The van der Waals surface area contributed by atoms with Crippen LogP contribution in [-0.2, 0) is 6.54 Å². The summed E-state index contributed by atoms with van der Waals surface area (Å²) in [6.07, 6.45) is -0.234. The van der Waals surface area contributed by atoms with Gasteiger partial charge >= 0.3 is 0 Å². The molecule has 0 spiro atoms. The quantitative estimate of drug-likeness (QED) is 0.872. The maximum atomic E-state index is 9.43. The highest BCUT2D eigenvalue weighted by atomic mass is 32.1. The summed E-state index contributed by atoms with van der Waals surface area (Å²) in [7, 11) is 0. The average Bonchev–Trinajstić information content (AvgIpc) is 2.74. The van der Waals surface area contributed by atoms with Crippen molar-refractivity contribution in [3.8, 4) is 0 Å². The Morgan fingerprint density at radius 2 is 2.41 bits per heavy atom. The smallest absolute Gasteiger partial charge is 0.0795 e. The molecule has 96 valence electrons. The van der Waals surface area contributed by atoms with Crippen molar-refractivity contribution in [3.63, 3.8) is 0 Å². The molecule has 0 amide bonds. The van der Waals surface area contributed by atoms with Gasteiger partial charge in [0.25, 0.3) is 0 Å². The van der Waals surface area contributed by atoms with Crippen LogP contribution in [0.4, 0.5) is 0 Å². The first-order valence-electron chi connectivity index (χ1n) is 6.16.